The van der Waals surface area contributed by atoms with E-state index in [4.69, 9.17) is 4.74 Å². The van der Waals surface area contributed by atoms with Crippen molar-refractivity contribution >= 4 is 17.3 Å². The van der Waals surface area contributed by atoms with E-state index in [9.17, 15) is 14.9 Å². The Labute approximate surface area is 140 Å². The highest BCUT2D eigenvalue weighted by molar-refractivity contribution is 5.94. The molecule has 1 N–H and O–H groups in total. The van der Waals surface area contributed by atoms with Crippen LogP contribution in [0, 0.1) is 10.1 Å². The number of nitrogens with zero attached hydrogens (tertiary/aromatic N) is 1. The first kappa shape index (κ1) is 17.5. The van der Waals surface area contributed by atoms with Crippen LogP contribution in [0.2, 0.25) is 0 Å². The molecule has 1 amide bonds. The summed E-state index contributed by atoms with van der Waals surface area (Å²) in [5.74, 6) is 0.411. The molecule has 0 saturated heterocycles. The van der Waals surface area contributed by atoms with Crippen molar-refractivity contribution in [1.82, 2.24) is 0 Å². The minimum absolute atomic E-state index is 0.0229. The minimum Gasteiger partial charge on any atom is -0.481 e. The zero-order valence-electron chi connectivity index (χ0n) is 13.9. The molecule has 2 aromatic carbocycles. The van der Waals surface area contributed by atoms with E-state index in [2.05, 4.69) is 19.2 Å². The van der Waals surface area contributed by atoms with Crippen LogP contribution in [0.4, 0.5) is 11.4 Å². The van der Waals surface area contributed by atoms with Crippen molar-refractivity contribution in [3.63, 3.8) is 0 Å². The number of nitro benzene ring substituents is 1. The topological polar surface area (TPSA) is 81.5 Å². The third-order valence-electron chi connectivity index (χ3n) is 3.57. The van der Waals surface area contributed by atoms with Gasteiger partial charge in [-0.3, -0.25) is 14.9 Å². The van der Waals surface area contributed by atoms with Gasteiger partial charge in [-0.25, -0.2) is 0 Å². The SMILES string of the molecule is CC(Oc1ccc([N+](=O)[O-])cc1)C(=O)Nc1ccccc1C(C)C. The van der Waals surface area contributed by atoms with E-state index < -0.39 is 11.0 Å². The van der Waals surface area contributed by atoms with Crippen LogP contribution in [0.25, 0.3) is 0 Å². The van der Waals surface area contributed by atoms with E-state index in [1.54, 1.807) is 6.92 Å². The summed E-state index contributed by atoms with van der Waals surface area (Å²) in [6.07, 6.45) is -0.730. The number of benzene rings is 2. The second kappa shape index (κ2) is 7.59. The fraction of sp³-hybridized carbons (Fsp3) is 0.278. The summed E-state index contributed by atoms with van der Waals surface area (Å²) in [5, 5.41) is 13.5. The van der Waals surface area contributed by atoms with Crippen LogP contribution in [-0.4, -0.2) is 16.9 Å². The molecule has 126 valence electrons. The second-order valence-electron chi connectivity index (χ2n) is 5.74. The standard InChI is InChI=1S/C18H20N2O4/c1-12(2)16-6-4-5-7-17(16)19-18(21)13(3)24-15-10-8-14(9-11-15)20(22)23/h4-13H,1-3H3,(H,19,21). The van der Waals surface area contributed by atoms with Crippen LogP contribution >= 0.6 is 0 Å². The van der Waals surface area contributed by atoms with Crippen LogP contribution in [0.5, 0.6) is 5.75 Å². The van der Waals surface area contributed by atoms with Crippen molar-refractivity contribution in [3.05, 3.63) is 64.2 Å². The molecule has 0 aliphatic heterocycles. The molecule has 2 rings (SSSR count). The Hall–Kier alpha value is -2.89. The molecule has 0 spiro atoms. The smallest absolute Gasteiger partial charge is 0.269 e. The lowest BCUT2D eigenvalue weighted by molar-refractivity contribution is -0.384. The third-order valence-corrected chi connectivity index (χ3v) is 3.57. The molecular formula is C18H20N2O4. The zero-order valence-corrected chi connectivity index (χ0v) is 13.9. The Morgan fingerprint density at radius 2 is 1.71 bits per heavy atom. The molecule has 6 nitrogen and oxygen atoms in total. The van der Waals surface area contributed by atoms with Crippen molar-refractivity contribution in [2.24, 2.45) is 0 Å². The van der Waals surface area contributed by atoms with Crippen molar-refractivity contribution in [2.75, 3.05) is 5.32 Å². The first-order chi connectivity index (χ1) is 11.4. The summed E-state index contributed by atoms with van der Waals surface area (Å²) in [7, 11) is 0. The monoisotopic (exact) mass is 328 g/mol. The predicted octanol–water partition coefficient (Wildman–Crippen LogP) is 4.12. The number of anilines is 1. The van der Waals surface area contributed by atoms with Crippen molar-refractivity contribution in [1.29, 1.82) is 0 Å². The van der Waals surface area contributed by atoms with E-state index in [1.807, 2.05) is 24.3 Å². The molecule has 0 aromatic heterocycles. The quantitative estimate of drug-likeness (QED) is 0.638. The van der Waals surface area contributed by atoms with E-state index in [1.165, 1.54) is 24.3 Å². The third kappa shape index (κ3) is 4.32. The van der Waals surface area contributed by atoms with Gasteiger partial charge in [-0.2, -0.15) is 0 Å². The highest BCUT2D eigenvalue weighted by Crippen LogP contribution is 2.24. The maximum absolute atomic E-state index is 12.3. The molecule has 24 heavy (non-hydrogen) atoms. The van der Waals surface area contributed by atoms with E-state index in [-0.39, 0.29) is 17.5 Å². The lowest BCUT2D eigenvalue weighted by Crippen LogP contribution is -2.30. The van der Waals surface area contributed by atoms with Gasteiger partial charge in [0.15, 0.2) is 6.10 Å². The maximum Gasteiger partial charge on any atom is 0.269 e. The number of nitro groups is 1. The van der Waals surface area contributed by atoms with Gasteiger partial charge in [-0.15, -0.1) is 0 Å². The number of hydrogen-bond donors (Lipinski definition) is 1. The first-order valence-electron chi connectivity index (χ1n) is 7.69. The minimum atomic E-state index is -0.730. The summed E-state index contributed by atoms with van der Waals surface area (Å²) in [4.78, 5) is 22.5. The number of carbonyl (C=O) groups is 1. The largest absolute Gasteiger partial charge is 0.481 e. The van der Waals surface area contributed by atoms with Gasteiger partial charge < -0.3 is 10.1 Å². The lowest BCUT2D eigenvalue weighted by Gasteiger charge is -2.17. The number of nitrogens with one attached hydrogen (secondary N) is 1. The number of rotatable bonds is 6. The average molecular weight is 328 g/mol. The summed E-state index contributed by atoms with van der Waals surface area (Å²) in [6.45, 7) is 5.75. The van der Waals surface area contributed by atoms with Gasteiger partial charge in [-0.1, -0.05) is 32.0 Å². The van der Waals surface area contributed by atoms with Crippen molar-refractivity contribution in [3.8, 4) is 5.75 Å². The molecule has 2 aromatic rings. The van der Waals surface area contributed by atoms with E-state index in [0.717, 1.165) is 11.3 Å². The van der Waals surface area contributed by atoms with Gasteiger partial charge in [0.2, 0.25) is 0 Å². The number of hydrogen-bond acceptors (Lipinski definition) is 4. The van der Waals surface area contributed by atoms with Crippen molar-refractivity contribution < 1.29 is 14.5 Å². The van der Waals surface area contributed by atoms with Crippen LogP contribution < -0.4 is 10.1 Å². The number of carbonyl (C=O) groups excluding carboxylic acids is 1. The first-order valence-corrected chi connectivity index (χ1v) is 7.69. The van der Waals surface area contributed by atoms with E-state index >= 15 is 0 Å². The molecular weight excluding hydrogens is 308 g/mol. The molecule has 0 fully saturated rings. The van der Waals surface area contributed by atoms with Gasteiger partial charge in [0.25, 0.3) is 11.6 Å². The Morgan fingerprint density at radius 1 is 1.08 bits per heavy atom. The highest BCUT2D eigenvalue weighted by Gasteiger charge is 2.17. The number of amides is 1. The number of non-ortho nitro benzene ring substituents is 1. The Kier molecular flexibility index (Phi) is 5.52. The fourth-order valence-electron chi connectivity index (χ4n) is 2.25. The van der Waals surface area contributed by atoms with Crippen LogP contribution in [0.3, 0.4) is 0 Å². The summed E-state index contributed by atoms with van der Waals surface area (Å²) in [5.41, 5.74) is 1.79. The normalized spacial score (nSPS) is 11.8. The van der Waals surface area contributed by atoms with Crippen LogP contribution in [0.1, 0.15) is 32.3 Å². The molecule has 0 saturated carbocycles. The van der Waals surface area contributed by atoms with Crippen LogP contribution in [0.15, 0.2) is 48.5 Å². The lowest BCUT2D eigenvalue weighted by atomic mass is 10.0. The molecule has 0 heterocycles. The van der Waals surface area contributed by atoms with Gasteiger partial charge in [0, 0.05) is 17.8 Å². The van der Waals surface area contributed by atoms with E-state index in [0.29, 0.717) is 5.75 Å². The number of para-hydroxylation sites is 1. The molecule has 6 heteroatoms. The van der Waals surface area contributed by atoms with Crippen molar-refractivity contribution in [2.45, 2.75) is 32.8 Å². The Morgan fingerprint density at radius 3 is 2.29 bits per heavy atom. The predicted molar refractivity (Wildman–Crippen MR) is 92.3 cm³/mol. The highest BCUT2D eigenvalue weighted by atomic mass is 16.6. The fourth-order valence-corrected chi connectivity index (χ4v) is 2.25. The molecule has 0 radical (unpaired) electrons. The van der Waals surface area contributed by atoms with Gasteiger partial charge in [-0.05, 0) is 36.6 Å². The molecule has 1 atom stereocenters. The zero-order chi connectivity index (χ0) is 17.7. The Bertz CT molecular complexity index is 726. The summed E-state index contributed by atoms with van der Waals surface area (Å²) in [6, 6.07) is 13.3. The maximum atomic E-state index is 12.3. The number of ether oxygens (including phenoxy) is 1. The molecule has 0 bridgehead atoms. The van der Waals surface area contributed by atoms with Gasteiger partial charge in [0.05, 0.1) is 4.92 Å². The molecule has 0 aliphatic rings. The summed E-state index contributed by atoms with van der Waals surface area (Å²) >= 11 is 0. The van der Waals surface area contributed by atoms with Gasteiger partial charge in [0.1, 0.15) is 5.75 Å². The summed E-state index contributed by atoms with van der Waals surface area (Å²) < 4.78 is 5.55. The Balaban J connectivity index is 2.03. The van der Waals surface area contributed by atoms with Crippen LogP contribution in [-0.2, 0) is 4.79 Å². The average Bonchev–Trinajstić information content (AvgIpc) is 2.55. The second-order valence-corrected chi connectivity index (χ2v) is 5.74. The molecule has 1 unspecified atom stereocenters. The van der Waals surface area contributed by atoms with Gasteiger partial charge >= 0.3 is 0 Å². The molecule has 0 aliphatic carbocycles.